The van der Waals surface area contributed by atoms with Crippen LogP contribution in [-0.4, -0.2) is 27.3 Å². The van der Waals surface area contributed by atoms with Crippen LogP contribution in [0.5, 0.6) is 0 Å². The smallest absolute Gasteiger partial charge is 0.417 e. The number of rotatable bonds is 5. The Morgan fingerprint density at radius 1 is 1.37 bits per heavy atom. The van der Waals surface area contributed by atoms with Crippen molar-refractivity contribution in [2.75, 3.05) is 6.61 Å². The van der Waals surface area contributed by atoms with Crippen LogP contribution in [0, 0.1) is 0 Å². The molecule has 5 nitrogen and oxygen atoms in total. The van der Waals surface area contributed by atoms with E-state index in [9.17, 15) is 18.0 Å². The molecule has 0 fully saturated rings. The van der Waals surface area contributed by atoms with Crippen molar-refractivity contribution in [1.82, 2.24) is 14.8 Å². The van der Waals surface area contributed by atoms with Gasteiger partial charge in [-0.15, -0.1) is 11.3 Å². The molecular formula is C17H13ClF3N3O2S. The van der Waals surface area contributed by atoms with Gasteiger partial charge in [0.25, 0.3) is 0 Å². The maximum atomic E-state index is 13.0. The normalized spacial score (nSPS) is 11.6. The molecule has 0 aliphatic heterocycles. The Hall–Kier alpha value is -2.39. The summed E-state index contributed by atoms with van der Waals surface area (Å²) in [7, 11) is 0. The van der Waals surface area contributed by atoms with Crippen LogP contribution in [0.4, 0.5) is 13.2 Å². The third kappa shape index (κ3) is 4.30. The average Bonchev–Trinajstić information content (AvgIpc) is 3.24. The van der Waals surface area contributed by atoms with Crippen LogP contribution in [-0.2, 0) is 17.5 Å². The number of carbonyl (C=O) groups is 1. The van der Waals surface area contributed by atoms with Gasteiger partial charge in [0.1, 0.15) is 5.01 Å². The Morgan fingerprint density at radius 3 is 2.85 bits per heavy atom. The number of carbonyl (C=O) groups excluding carboxylic acids is 1. The van der Waals surface area contributed by atoms with Crippen LogP contribution in [0.1, 0.15) is 27.9 Å². The van der Waals surface area contributed by atoms with Crippen LogP contribution in [0.25, 0.3) is 11.3 Å². The number of ether oxygens (including phenoxy) is 1. The van der Waals surface area contributed by atoms with Crippen molar-refractivity contribution in [3.05, 3.63) is 57.1 Å². The Morgan fingerprint density at radius 2 is 2.15 bits per heavy atom. The maximum Gasteiger partial charge on any atom is 0.417 e. The fourth-order valence-electron chi connectivity index (χ4n) is 2.36. The Labute approximate surface area is 161 Å². The summed E-state index contributed by atoms with van der Waals surface area (Å²) >= 11 is 7.20. The lowest BCUT2D eigenvalue weighted by Crippen LogP contribution is -2.06. The highest BCUT2D eigenvalue weighted by Gasteiger charge is 2.34. The van der Waals surface area contributed by atoms with Gasteiger partial charge in [-0.05, 0) is 13.0 Å². The number of esters is 1. The molecule has 0 radical (unpaired) electrons. The number of alkyl halides is 3. The number of benzene rings is 1. The third-order valence-corrected chi connectivity index (χ3v) is 4.81. The second kappa shape index (κ2) is 7.69. The van der Waals surface area contributed by atoms with Crippen LogP contribution >= 0.6 is 22.9 Å². The van der Waals surface area contributed by atoms with Gasteiger partial charge in [-0.3, -0.25) is 4.68 Å². The van der Waals surface area contributed by atoms with E-state index in [-0.39, 0.29) is 23.7 Å². The predicted molar refractivity (Wildman–Crippen MR) is 94.8 cm³/mol. The van der Waals surface area contributed by atoms with Crippen molar-refractivity contribution < 1.29 is 22.7 Å². The molecule has 0 aliphatic carbocycles. The number of aromatic nitrogens is 3. The molecule has 27 heavy (non-hydrogen) atoms. The summed E-state index contributed by atoms with van der Waals surface area (Å²) in [6.45, 7) is 2.23. The lowest BCUT2D eigenvalue weighted by Gasteiger charge is -2.11. The molecule has 0 bridgehead atoms. The van der Waals surface area contributed by atoms with Crippen LogP contribution in [0.15, 0.2) is 36.0 Å². The minimum absolute atomic E-state index is 0.210. The first-order chi connectivity index (χ1) is 12.8. The van der Waals surface area contributed by atoms with Crippen molar-refractivity contribution in [2.24, 2.45) is 0 Å². The standard InChI is InChI=1S/C17H13ClF3N3O2S/c1-2-26-16(25)10-6-22-24(7-10)8-14-23-13(9-27-14)11-4-3-5-12(15(11)18)17(19,20)21/h3-7,9H,2,8H2,1H3. The molecule has 142 valence electrons. The minimum atomic E-state index is -4.54. The highest BCUT2D eigenvalue weighted by Crippen LogP contribution is 2.39. The first-order valence-corrected chi connectivity index (χ1v) is 9.05. The molecular weight excluding hydrogens is 403 g/mol. The molecule has 0 aliphatic rings. The van der Waals surface area contributed by atoms with Gasteiger partial charge in [-0.25, -0.2) is 9.78 Å². The van der Waals surface area contributed by atoms with Crippen molar-refractivity contribution >= 4 is 28.9 Å². The average molecular weight is 416 g/mol. The molecule has 3 rings (SSSR count). The van der Waals surface area contributed by atoms with Crippen molar-refractivity contribution in [3.63, 3.8) is 0 Å². The second-order valence-corrected chi connectivity index (χ2v) is 6.76. The van der Waals surface area contributed by atoms with E-state index >= 15 is 0 Å². The van der Waals surface area contributed by atoms with E-state index in [0.717, 1.165) is 6.07 Å². The van der Waals surface area contributed by atoms with Gasteiger partial charge in [0.05, 0.1) is 41.2 Å². The maximum absolute atomic E-state index is 13.0. The molecule has 10 heteroatoms. The first-order valence-electron chi connectivity index (χ1n) is 7.79. The number of hydrogen-bond acceptors (Lipinski definition) is 5. The summed E-state index contributed by atoms with van der Waals surface area (Å²) in [5.74, 6) is -0.473. The fraction of sp³-hybridized carbons (Fsp3) is 0.235. The van der Waals surface area contributed by atoms with Gasteiger partial charge in [-0.1, -0.05) is 23.7 Å². The molecule has 0 amide bonds. The molecule has 0 spiro atoms. The van der Waals surface area contributed by atoms with E-state index in [1.807, 2.05) is 0 Å². The van der Waals surface area contributed by atoms with E-state index < -0.39 is 17.7 Å². The summed E-state index contributed by atoms with van der Waals surface area (Å²) in [4.78, 5) is 16.0. The fourth-order valence-corrected chi connectivity index (χ4v) is 3.48. The molecule has 0 atom stereocenters. The Kier molecular flexibility index (Phi) is 5.52. The van der Waals surface area contributed by atoms with Gasteiger partial charge >= 0.3 is 12.1 Å². The number of thiazole rings is 1. The lowest BCUT2D eigenvalue weighted by molar-refractivity contribution is -0.137. The van der Waals surface area contributed by atoms with Gasteiger partial charge in [0.2, 0.25) is 0 Å². The number of nitrogens with zero attached hydrogens (tertiary/aromatic N) is 3. The van der Waals surface area contributed by atoms with E-state index in [4.69, 9.17) is 16.3 Å². The zero-order chi connectivity index (χ0) is 19.6. The molecule has 0 saturated carbocycles. The van der Waals surface area contributed by atoms with Gasteiger partial charge in [0.15, 0.2) is 0 Å². The van der Waals surface area contributed by atoms with Crippen molar-refractivity contribution in [3.8, 4) is 11.3 Å². The van der Waals surface area contributed by atoms with Crippen molar-refractivity contribution in [1.29, 1.82) is 0 Å². The SMILES string of the molecule is CCOC(=O)c1cnn(Cc2nc(-c3cccc(C(F)(F)F)c3Cl)cs2)c1. The van der Waals surface area contributed by atoms with E-state index in [1.54, 1.807) is 12.3 Å². The van der Waals surface area contributed by atoms with Gasteiger partial charge in [-0.2, -0.15) is 18.3 Å². The number of halogens is 4. The highest BCUT2D eigenvalue weighted by atomic mass is 35.5. The Bertz CT molecular complexity index is 968. The summed E-state index contributed by atoms with van der Waals surface area (Å²) in [5, 5.41) is 5.92. The molecule has 0 N–H and O–H groups in total. The summed E-state index contributed by atoms with van der Waals surface area (Å²) in [6, 6.07) is 3.71. The van der Waals surface area contributed by atoms with Crippen molar-refractivity contribution in [2.45, 2.75) is 19.6 Å². The monoisotopic (exact) mass is 415 g/mol. The zero-order valence-corrected chi connectivity index (χ0v) is 15.5. The van der Waals surface area contributed by atoms with Gasteiger partial charge < -0.3 is 4.74 Å². The quantitative estimate of drug-likeness (QED) is 0.556. The molecule has 3 aromatic rings. The zero-order valence-electron chi connectivity index (χ0n) is 14.0. The van der Waals surface area contributed by atoms with E-state index in [0.29, 0.717) is 16.3 Å². The summed E-state index contributed by atoms with van der Waals surface area (Å²) in [6.07, 6.45) is -1.63. The topological polar surface area (TPSA) is 57.0 Å². The van der Waals surface area contributed by atoms with E-state index in [2.05, 4.69) is 10.1 Å². The van der Waals surface area contributed by atoms with Gasteiger partial charge in [0, 0.05) is 17.1 Å². The largest absolute Gasteiger partial charge is 0.462 e. The van der Waals surface area contributed by atoms with E-state index in [1.165, 1.54) is 40.5 Å². The molecule has 2 aromatic heterocycles. The third-order valence-electron chi connectivity index (χ3n) is 3.57. The minimum Gasteiger partial charge on any atom is -0.462 e. The predicted octanol–water partition coefficient (Wildman–Crippen LogP) is 4.90. The van der Waals surface area contributed by atoms with Crippen LogP contribution < -0.4 is 0 Å². The summed E-state index contributed by atoms with van der Waals surface area (Å²) < 4.78 is 45.4. The molecule has 2 heterocycles. The Balaban J connectivity index is 1.81. The molecule has 1 aromatic carbocycles. The first kappa shape index (κ1) is 19.4. The summed E-state index contributed by atoms with van der Waals surface area (Å²) in [5.41, 5.74) is -0.0255. The second-order valence-electron chi connectivity index (χ2n) is 5.44. The number of hydrogen-bond donors (Lipinski definition) is 0. The van der Waals surface area contributed by atoms with Crippen LogP contribution in [0.2, 0.25) is 5.02 Å². The highest BCUT2D eigenvalue weighted by molar-refractivity contribution is 7.09. The lowest BCUT2D eigenvalue weighted by atomic mass is 10.1. The molecule has 0 saturated heterocycles. The molecule has 0 unspecified atom stereocenters. The van der Waals surface area contributed by atoms with Crippen LogP contribution in [0.3, 0.4) is 0 Å².